The van der Waals surface area contributed by atoms with Gasteiger partial charge >= 0.3 is 0 Å². The minimum absolute atomic E-state index is 0.0970. The van der Waals surface area contributed by atoms with E-state index in [1.165, 1.54) is 35.2 Å². The average Bonchev–Trinajstić information content (AvgIpc) is 3.00. The first kappa shape index (κ1) is 30.8. The first-order chi connectivity index (χ1) is 20.2. The molecule has 42 heavy (non-hydrogen) atoms. The van der Waals surface area contributed by atoms with Crippen LogP contribution in [0.25, 0.3) is 0 Å². The van der Waals surface area contributed by atoms with Crippen molar-refractivity contribution in [3.05, 3.63) is 84.2 Å². The molecule has 0 fully saturated rings. The van der Waals surface area contributed by atoms with E-state index in [0.717, 1.165) is 34.8 Å². The monoisotopic (exact) mass is 597 g/mol. The molecule has 11 heteroatoms. The van der Waals surface area contributed by atoms with Crippen LogP contribution in [0.3, 0.4) is 0 Å². The molecule has 9 nitrogen and oxygen atoms in total. The highest BCUT2D eigenvalue weighted by Crippen LogP contribution is 2.34. The van der Waals surface area contributed by atoms with E-state index in [1.54, 1.807) is 6.92 Å². The van der Waals surface area contributed by atoms with Gasteiger partial charge in [-0.1, -0.05) is 50.6 Å². The molecule has 1 aliphatic rings. The van der Waals surface area contributed by atoms with E-state index in [4.69, 9.17) is 9.47 Å². The molecule has 3 aromatic rings. The summed E-state index contributed by atoms with van der Waals surface area (Å²) < 4.78 is 54.0. The number of carbonyl (C=O) groups excluding carboxylic acids is 2. The van der Waals surface area contributed by atoms with Crippen LogP contribution in [0.2, 0.25) is 0 Å². The van der Waals surface area contributed by atoms with Gasteiger partial charge in [0.15, 0.2) is 11.5 Å². The standard InChI is InChI=1S/C31H36FN3O6S/c1-3-5-17-33-31(37)27(4-2)34(21-23-9-7-6-8-10-23)30(36)22-35(25-13-11-24(32)12-14-25)42(38,39)26-15-16-28-29(20-26)41-19-18-40-28/h6-16,20,27H,3-5,17-19,21-22H2,1-2H3,(H,33,37)/t27-/m0/s1. The highest BCUT2D eigenvalue weighted by molar-refractivity contribution is 7.92. The Morgan fingerprint density at radius 1 is 0.952 bits per heavy atom. The zero-order valence-corrected chi connectivity index (χ0v) is 24.6. The molecule has 0 radical (unpaired) electrons. The molecule has 4 rings (SSSR count). The number of anilines is 1. The number of benzene rings is 3. The Labute approximate surface area is 246 Å². The summed E-state index contributed by atoms with van der Waals surface area (Å²) in [6.45, 7) is 4.38. The van der Waals surface area contributed by atoms with Crippen molar-refractivity contribution in [3.8, 4) is 11.5 Å². The molecular weight excluding hydrogens is 561 g/mol. The number of carbonyl (C=O) groups is 2. The molecule has 1 heterocycles. The quantitative estimate of drug-likeness (QED) is 0.291. The second-order valence-corrected chi connectivity index (χ2v) is 11.7. The zero-order chi connectivity index (χ0) is 30.1. The van der Waals surface area contributed by atoms with Crippen LogP contribution in [-0.2, 0) is 26.2 Å². The van der Waals surface area contributed by atoms with E-state index in [9.17, 15) is 22.4 Å². The number of nitrogens with zero attached hydrogens (tertiary/aromatic N) is 2. The molecular formula is C31H36FN3O6S. The first-order valence-electron chi connectivity index (χ1n) is 14.0. The van der Waals surface area contributed by atoms with Crippen molar-refractivity contribution < 1.29 is 31.9 Å². The van der Waals surface area contributed by atoms with E-state index in [1.807, 2.05) is 37.3 Å². The average molecular weight is 598 g/mol. The number of nitrogens with one attached hydrogen (secondary N) is 1. The van der Waals surface area contributed by atoms with Gasteiger partial charge in [-0.15, -0.1) is 0 Å². The molecule has 1 atom stereocenters. The number of ether oxygens (including phenoxy) is 2. The zero-order valence-electron chi connectivity index (χ0n) is 23.8. The van der Waals surface area contributed by atoms with Crippen molar-refractivity contribution in [1.82, 2.24) is 10.2 Å². The normalized spacial score (nSPS) is 13.2. The lowest BCUT2D eigenvalue weighted by Crippen LogP contribution is -2.52. The van der Waals surface area contributed by atoms with Gasteiger partial charge in [0.05, 0.1) is 10.6 Å². The van der Waals surface area contributed by atoms with Gasteiger partial charge in [-0.25, -0.2) is 12.8 Å². The maximum atomic E-state index is 14.1. The predicted octanol–water partition coefficient (Wildman–Crippen LogP) is 4.52. The summed E-state index contributed by atoms with van der Waals surface area (Å²) in [6.07, 6.45) is 2.01. The van der Waals surface area contributed by atoms with Crippen LogP contribution in [0.1, 0.15) is 38.7 Å². The fraction of sp³-hybridized carbons (Fsp3) is 0.355. The second-order valence-electron chi connectivity index (χ2n) is 9.87. The maximum Gasteiger partial charge on any atom is 0.264 e. The van der Waals surface area contributed by atoms with E-state index < -0.39 is 34.3 Å². The number of amides is 2. The molecule has 0 saturated heterocycles. The maximum absolute atomic E-state index is 14.1. The van der Waals surface area contributed by atoms with Gasteiger partial charge in [0.25, 0.3) is 10.0 Å². The summed E-state index contributed by atoms with van der Waals surface area (Å²) in [4.78, 5) is 28.6. The van der Waals surface area contributed by atoms with Gasteiger partial charge < -0.3 is 19.7 Å². The number of hydrogen-bond donors (Lipinski definition) is 1. The third kappa shape index (κ3) is 7.39. The van der Waals surface area contributed by atoms with Crippen molar-refractivity contribution in [1.29, 1.82) is 0 Å². The van der Waals surface area contributed by atoms with Crippen molar-refractivity contribution >= 4 is 27.5 Å². The number of hydrogen-bond acceptors (Lipinski definition) is 6. The molecule has 224 valence electrons. The van der Waals surface area contributed by atoms with Gasteiger partial charge in [0, 0.05) is 19.2 Å². The lowest BCUT2D eigenvalue weighted by Gasteiger charge is -2.33. The van der Waals surface area contributed by atoms with Crippen molar-refractivity contribution in [3.63, 3.8) is 0 Å². The Balaban J connectivity index is 1.71. The molecule has 0 unspecified atom stereocenters. The Hall–Kier alpha value is -4.12. The summed E-state index contributed by atoms with van der Waals surface area (Å²) in [7, 11) is -4.34. The molecule has 2 amide bonds. The lowest BCUT2D eigenvalue weighted by molar-refractivity contribution is -0.140. The summed E-state index contributed by atoms with van der Waals surface area (Å²) in [5.74, 6) is -0.756. The minimum Gasteiger partial charge on any atom is -0.486 e. The number of unbranched alkanes of at least 4 members (excludes halogenated alkanes) is 1. The topological polar surface area (TPSA) is 105 Å². The van der Waals surface area contributed by atoms with Crippen LogP contribution in [0.15, 0.2) is 77.7 Å². The van der Waals surface area contributed by atoms with Crippen LogP contribution in [-0.4, -0.2) is 57.5 Å². The van der Waals surface area contributed by atoms with Crippen molar-refractivity contribution in [2.45, 2.75) is 50.6 Å². The predicted molar refractivity (Wildman–Crippen MR) is 157 cm³/mol. The Morgan fingerprint density at radius 2 is 1.64 bits per heavy atom. The molecule has 3 aromatic carbocycles. The Morgan fingerprint density at radius 3 is 2.31 bits per heavy atom. The second kappa shape index (κ2) is 14.2. The van der Waals surface area contributed by atoms with Gasteiger partial charge in [-0.05, 0) is 54.8 Å². The molecule has 0 aromatic heterocycles. The summed E-state index contributed by atoms with van der Waals surface area (Å²) >= 11 is 0. The van der Waals surface area contributed by atoms with Gasteiger partial charge in [0.1, 0.15) is 31.6 Å². The Bertz CT molecular complexity index is 1470. The minimum atomic E-state index is -4.34. The van der Waals surface area contributed by atoms with Gasteiger partial charge in [-0.2, -0.15) is 0 Å². The fourth-order valence-electron chi connectivity index (χ4n) is 4.65. The third-order valence-electron chi connectivity index (χ3n) is 6.91. The number of sulfonamides is 1. The summed E-state index contributed by atoms with van der Waals surface area (Å²) in [5.41, 5.74) is 0.883. The number of halogens is 1. The van der Waals surface area contributed by atoms with Crippen LogP contribution in [0.4, 0.5) is 10.1 Å². The number of fused-ring (bicyclic) bond motifs is 1. The molecule has 0 bridgehead atoms. The van der Waals surface area contributed by atoms with Crippen LogP contribution >= 0.6 is 0 Å². The largest absolute Gasteiger partial charge is 0.486 e. The van der Waals surface area contributed by atoms with Crippen LogP contribution in [0, 0.1) is 5.82 Å². The molecule has 0 aliphatic carbocycles. The highest BCUT2D eigenvalue weighted by atomic mass is 32.2. The van der Waals surface area contributed by atoms with Gasteiger partial charge in [-0.3, -0.25) is 13.9 Å². The van der Waals surface area contributed by atoms with E-state index in [0.29, 0.717) is 25.3 Å². The van der Waals surface area contributed by atoms with E-state index >= 15 is 0 Å². The fourth-order valence-corrected chi connectivity index (χ4v) is 6.08. The SMILES string of the molecule is CCCCNC(=O)[C@H](CC)N(Cc1ccccc1)C(=O)CN(c1ccc(F)cc1)S(=O)(=O)c1ccc2c(c1)OCCO2. The molecule has 1 aliphatic heterocycles. The van der Waals surface area contributed by atoms with Crippen LogP contribution < -0.4 is 19.1 Å². The van der Waals surface area contributed by atoms with E-state index in [2.05, 4.69) is 5.32 Å². The third-order valence-corrected chi connectivity index (χ3v) is 8.68. The molecule has 0 spiro atoms. The van der Waals surface area contributed by atoms with Crippen LogP contribution in [0.5, 0.6) is 11.5 Å². The van der Waals surface area contributed by atoms with Gasteiger partial charge in [0.2, 0.25) is 11.8 Å². The lowest BCUT2D eigenvalue weighted by atomic mass is 10.1. The molecule has 0 saturated carbocycles. The highest BCUT2D eigenvalue weighted by Gasteiger charge is 2.34. The first-order valence-corrected chi connectivity index (χ1v) is 15.5. The van der Waals surface area contributed by atoms with Crippen molar-refractivity contribution in [2.75, 3.05) is 30.6 Å². The van der Waals surface area contributed by atoms with E-state index in [-0.39, 0.29) is 35.4 Å². The summed E-state index contributed by atoms with van der Waals surface area (Å²) in [5, 5.41) is 2.90. The number of rotatable bonds is 13. The molecule has 1 N–H and O–H groups in total. The van der Waals surface area contributed by atoms with Crippen molar-refractivity contribution in [2.24, 2.45) is 0 Å². The smallest absolute Gasteiger partial charge is 0.264 e. The summed E-state index contributed by atoms with van der Waals surface area (Å²) in [6, 6.07) is 17.4. The Kier molecular flexibility index (Phi) is 10.4.